The molecule has 0 radical (unpaired) electrons. The van der Waals surface area contributed by atoms with Gasteiger partial charge in [-0.15, -0.1) is 0 Å². The van der Waals surface area contributed by atoms with Crippen LogP contribution in [0.25, 0.3) is 0 Å². The van der Waals surface area contributed by atoms with Crippen LogP contribution in [0.4, 0.5) is 0 Å². The quantitative estimate of drug-likeness (QED) is 0.265. The normalized spacial score (nSPS) is 19.0. The van der Waals surface area contributed by atoms with Gasteiger partial charge >= 0.3 is 0 Å². The minimum atomic E-state index is -0.763. The highest BCUT2D eigenvalue weighted by atomic mass is 35.5. The summed E-state index contributed by atoms with van der Waals surface area (Å²) >= 11 is 24.4. The topological polar surface area (TPSA) is 131 Å². The Bertz CT molecular complexity index is 1170. The Balaban J connectivity index is 1.72. The van der Waals surface area contributed by atoms with E-state index in [1.165, 1.54) is 0 Å². The predicted molar refractivity (Wildman–Crippen MR) is 164 cm³/mol. The Morgan fingerprint density at radius 1 is 0.850 bits per heavy atom. The number of carbonyl (C=O) groups excluding carboxylic acids is 2. The summed E-state index contributed by atoms with van der Waals surface area (Å²) in [5.74, 6) is -0.331. The highest BCUT2D eigenvalue weighted by Crippen LogP contribution is 2.26. The number of nitrogens with zero attached hydrogens (tertiary/aromatic N) is 2. The molecular weight excluding hydrogens is 594 g/mol. The van der Waals surface area contributed by atoms with E-state index in [4.69, 9.17) is 63.6 Å². The summed E-state index contributed by atoms with van der Waals surface area (Å²) in [6.45, 7) is 4.68. The second-order valence-electron chi connectivity index (χ2n) is 10.3. The van der Waals surface area contributed by atoms with Gasteiger partial charge in [-0.1, -0.05) is 58.5 Å². The maximum absolute atomic E-state index is 13.6. The van der Waals surface area contributed by atoms with Gasteiger partial charge in [0.1, 0.15) is 0 Å². The van der Waals surface area contributed by atoms with Crippen molar-refractivity contribution < 1.29 is 9.59 Å². The van der Waals surface area contributed by atoms with Crippen LogP contribution >= 0.6 is 46.4 Å². The number of nitrogens with one attached hydrogen (secondary N) is 1. The number of benzene rings is 2. The predicted octanol–water partition coefficient (Wildman–Crippen LogP) is 3.50. The molecule has 1 heterocycles. The number of amides is 2. The molecule has 7 N–H and O–H groups in total. The van der Waals surface area contributed by atoms with E-state index in [2.05, 4.69) is 5.32 Å². The fraction of sp³-hybridized carbons (Fsp3) is 0.500. The van der Waals surface area contributed by atoms with Crippen LogP contribution in [0.2, 0.25) is 20.1 Å². The summed E-state index contributed by atoms with van der Waals surface area (Å²) in [6.07, 6.45) is 2.15. The fourth-order valence-electron chi connectivity index (χ4n) is 4.99. The molecule has 2 amide bonds. The van der Waals surface area contributed by atoms with Crippen LogP contribution in [-0.4, -0.2) is 78.5 Å². The van der Waals surface area contributed by atoms with E-state index in [0.29, 0.717) is 65.5 Å². The first-order valence-electron chi connectivity index (χ1n) is 13.4. The Morgan fingerprint density at radius 2 is 1.38 bits per heavy atom. The minimum Gasteiger partial charge on any atom is -0.335 e. The van der Waals surface area contributed by atoms with E-state index >= 15 is 0 Å². The van der Waals surface area contributed by atoms with E-state index in [1.54, 1.807) is 29.2 Å². The van der Waals surface area contributed by atoms with Crippen molar-refractivity contribution in [2.45, 2.75) is 56.8 Å². The molecule has 0 bridgehead atoms. The van der Waals surface area contributed by atoms with Gasteiger partial charge in [0, 0.05) is 38.3 Å². The van der Waals surface area contributed by atoms with Crippen molar-refractivity contribution in [1.82, 2.24) is 15.1 Å². The average Bonchev–Trinajstić information content (AvgIpc) is 2.92. The molecule has 0 spiro atoms. The summed E-state index contributed by atoms with van der Waals surface area (Å²) < 4.78 is 0. The number of halogens is 4. The zero-order valence-electron chi connectivity index (χ0n) is 22.6. The van der Waals surface area contributed by atoms with Crippen molar-refractivity contribution in [3.8, 4) is 0 Å². The molecule has 0 saturated carbocycles. The van der Waals surface area contributed by atoms with Crippen molar-refractivity contribution in [1.29, 1.82) is 0 Å². The average molecular weight is 632 g/mol. The summed E-state index contributed by atoms with van der Waals surface area (Å²) in [4.78, 5) is 30.7. The summed E-state index contributed by atoms with van der Waals surface area (Å²) in [5.41, 5.74) is 20.0. The van der Waals surface area contributed by atoms with Gasteiger partial charge < -0.3 is 32.3 Å². The smallest absolute Gasteiger partial charge is 0.240 e. The second kappa shape index (κ2) is 15.6. The molecule has 8 nitrogen and oxygen atoms in total. The second-order valence-corrected chi connectivity index (χ2v) is 11.9. The number of hydrogen-bond acceptors (Lipinski definition) is 6. The Kier molecular flexibility index (Phi) is 12.8. The standard InChI is InChI=1S/C28H38Cl4N6O2/c1-17-15-38(28(40)26(35)14-19-5-7-22(30)24(32)12-19)20(3-2-9-36-10-8-33)16-37(17)27(39)25(34)13-18-4-6-21(29)23(31)11-18/h4-7,11-12,17,20,25-26,36H,2-3,8-10,13-16,33-35H2,1H3/t17-,20+,25?,26?/m1/s1. The third kappa shape index (κ3) is 8.94. The van der Waals surface area contributed by atoms with Crippen LogP contribution in [0.3, 0.4) is 0 Å². The molecule has 0 aromatic heterocycles. The molecule has 40 heavy (non-hydrogen) atoms. The van der Waals surface area contributed by atoms with Gasteiger partial charge in [-0.05, 0) is 74.5 Å². The number of carbonyl (C=O) groups is 2. The molecule has 1 aliphatic heterocycles. The summed E-state index contributed by atoms with van der Waals surface area (Å²) in [7, 11) is 0. The zero-order valence-corrected chi connectivity index (χ0v) is 25.6. The summed E-state index contributed by atoms with van der Waals surface area (Å²) in [6, 6.07) is 8.51. The van der Waals surface area contributed by atoms with Crippen LogP contribution in [0, 0.1) is 0 Å². The van der Waals surface area contributed by atoms with E-state index in [-0.39, 0.29) is 23.9 Å². The number of nitrogens with two attached hydrogens (primary N) is 3. The number of hydrogen-bond donors (Lipinski definition) is 4. The maximum atomic E-state index is 13.6. The third-order valence-corrected chi connectivity index (χ3v) is 8.61. The van der Waals surface area contributed by atoms with Gasteiger partial charge in [-0.2, -0.15) is 0 Å². The largest absolute Gasteiger partial charge is 0.335 e. The molecular formula is C28H38Cl4N6O2. The Morgan fingerprint density at radius 3 is 1.88 bits per heavy atom. The van der Waals surface area contributed by atoms with Gasteiger partial charge in [0.15, 0.2) is 0 Å². The molecule has 2 aromatic rings. The lowest BCUT2D eigenvalue weighted by molar-refractivity contribution is -0.148. The van der Waals surface area contributed by atoms with Crippen LogP contribution in [0.1, 0.15) is 30.9 Å². The van der Waals surface area contributed by atoms with Gasteiger partial charge in [-0.3, -0.25) is 9.59 Å². The molecule has 3 rings (SSSR count). The first-order chi connectivity index (χ1) is 19.0. The van der Waals surface area contributed by atoms with E-state index in [1.807, 2.05) is 24.0 Å². The molecule has 4 atom stereocenters. The van der Waals surface area contributed by atoms with Crippen molar-refractivity contribution in [2.75, 3.05) is 32.7 Å². The zero-order chi connectivity index (χ0) is 29.4. The highest BCUT2D eigenvalue weighted by molar-refractivity contribution is 6.42. The Hall–Kier alpha value is -1.62. The van der Waals surface area contributed by atoms with Gasteiger partial charge in [0.05, 0.1) is 32.2 Å². The molecule has 0 aliphatic carbocycles. The SMILES string of the molecule is C[C@@H]1CN(C(=O)C(N)Cc2ccc(Cl)c(Cl)c2)[C@@H](CCCNCCN)CN1C(=O)C(N)Cc1ccc(Cl)c(Cl)c1. The number of rotatable bonds is 12. The molecule has 2 unspecified atom stereocenters. The lowest BCUT2D eigenvalue weighted by atomic mass is 9.97. The van der Waals surface area contributed by atoms with Gasteiger partial charge in [0.2, 0.25) is 11.8 Å². The maximum Gasteiger partial charge on any atom is 0.240 e. The van der Waals surface area contributed by atoms with E-state index < -0.39 is 12.1 Å². The third-order valence-electron chi connectivity index (χ3n) is 7.13. The molecule has 12 heteroatoms. The monoisotopic (exact) mass is 630 g/mol. The molecule has 1 aliphatic rings. The molecule has 2 aromatic carbocycles. The van der Waals surface area contributed by atoms with Crippen LogP contribution < -0.4 is 22.5 Å². The van der Waals surface area contributed by atoms with Crippen molar-refractivity contribution in [3.05, 3.63) is 67.6 Å². The van der Waals surface area contributed by atoms with Crippen LogP contribution in [0.5, 0.6) is 0 Å². The lowest BCUT2D eigenvalue weighted by Gasteiger charge is -2.47. The molecule has 1 saturated heterocycles. The van der Waals surface area contributed by atoms with Crippen LogP contribution in [0.15, 0.2) is 36.4 Å². The minimum absolute atomic E-state index is 0.162. The van der Waals surface area contributed by atoms with E-state index in [9.17, 15) is 9.59 Å². The van der Waals surface area contributed by atoms with Crippen molar-refractivity contribution in [2.24, 2.45) is 17.2 Å². The number of piperazine rings is 1. The molecule has 220 valence electrons. The Labute approximate surface area is 256 Å². The van der Waals surface area contributed by atoms with Crippen molar-refractivity contribution >= 4 is 58.2 Å². The van der Waals surface area contributed by atoms with Gasteiger partial charge in [0.25, 0.3) is 0 Å². The first kappa shape index (κ1) is 32.9. The fourth-order valence-corrected chi connectivity index (χ4v) is 5.63. The first-order valence-corrected chi connectivity index (χ1v) is 14.9. The van der Waals surface area contributed by atoms with Crippen molar-refractivity contribution in [3.63, 3.8) is 0 Å². The van der Waals surface area contributed by atoms with Gasteiger partial charge in [-0.25, -0.2) is 0 Å². The van der Waals surface area contributed by atoms with E-state index in [0.717, 1.165) is 24.1 Å². The summed E-state index contributed by atoms with van der Waals surface area (Å²) in [5, 5.41) is 5.01. The van der Waals surface area contributed by atoms with Crippen LogP contribution in [-0.2, 0) is 22.4 Å². The lowest BCUT2D eigenvalue weighted by Crippen LogP contribution is -2.64. The highest BCUT2D eigenvalue weighted by Gasteiger charge is 2.39. The molecule has 1 fully saturated rings.